The fraction of sp³-hybridized carbons (Fsp3) is 0.500. The van der Waals surface area contributed by atoms with Gasteiger partial charge in [0.1, 0.15) is 0 Å². The van der Waals surface area contributed by atoms with Crippen molar-refractivity contribution in [2.75, 3.05) is 11.4 Å². The predicted octanol–water partition coefficient (Wildman–Crippen LogP) is 3.11. The van der Waals surface area contributed by atoms with Crippen LogP contribution in [0.2, 0.25) is 0 Å². The molecule has 0 spiro atoms. The van der Waals surface area contributed by atoms with Crippen molar-refractivity contribution in [2.45, 2.75) is 39.5 Å². The van der Waals surface area contributed by atoms with Crippen LogP contribution in [0.1, 0.15) is 44.2 Å². The lowest BCUT2D eigenvalue weighted by atomic mass is 9.96. The van der Waals surface area contributed by atoms with Gasteiger partial charge in [-0.05, 0) is 36.0 Å². The van der Waals surface area contributed by atoms with Crippen LogP contribution in [0.5, 0.6) is 0 Å². The molecule has 0 bridgehead atoms. The summed E-state index contributed by atoms with van der Waals surface area (Å²) in [5.41, 5.74) is 3.78. The zero-order chi connectivity index (χ0) is 11.7. The molecule has 1 aliphatic rings. The second kappa shape index (κ2) is 4.28. The van der Waals surface area contributed by atoms with Crippen molar-refractivity contribution < 1.29 is 4.79 Å². The summed E-state index contributed by atoms with van der Waals surface area (Å²) in [5, 5.41) is 0. The lowest BCUT2D eigenvalue weighted by Gasteiger charge is -2.17. The molecule has 0 aromatic heterocycles. The molecule has 2 rings (SSSR count). The molecule has 0 saturated carbocycles. The maximum Gasteiger partial charge on any atom is 0.223 e. The normalized spacial score (nSPS) is 16.1. The van der Waals surface area contributed by atoms with E-state index in [0.29, 0.717) is 5.92 Å². The van der Waals surface area contributed by atoms with Crippen LogP contribution >= 0.6 is 0 Å². The Balaban J connectivity index is 2.37. The van der Waals surface area contributed by atoms with Gasteiger partial charge in [0.05, 0.1) is 0 Å². The first-order chi connectivity index (χ1) is 7.63. The highest BCUT2D eigenvalue weighted by Gasteiger charge is 2.22. The van der Waals surface area contributed by atoms with Gasteiger partial charge in [-0.15, -0.1) is 0 Å². The summed E-state index contributed by atoms with van der Waals surface area (Å²) in [6, 6.07) is 6.58. The van der Waals surface area contributed by atoms with Gasteiger partial charge in [-0.2, -0.15) is 0 Å². The number of anilines is 1. The smallest absolute Gasteiger partial charge is 0.223 e. The van der Waals surface area contributed by atoms with Crippen LogP contribution < -0.4 is 4.90 Å². The zero-order valence-corrected chi connectivity index (χ0v) is 10.3. The molecule has 86 valence electrons. The predicted molar refractivity (Wildman–Crippen MR) is 66.9 cm³/mol. The van der Waals surface area contributed by atoms with Gasteiger partial charge < -0.3 is 4.90 Å². The molecule has 1 aromatic carbocycles. The fourth-order valence-corrected chi connectivity index (χ4v) is 2.27. The first kappa shape index (κ1) is 11.2. The molecular weight excluding hydrogens is 198 g/mol. The van der Waals surface area contributed by atoms with E-state index in [4.69, 9.17) is 0 Å². The Labute approximate surface area is 97.3 Å². The SMILES string of the molecule is CCC(C)c1ccc2c(c1)N(C(C)=O)CC2. The summed E-state index contributed by atoms with van der Waals surface area (Å²) >= 11 is 0. The van der Waals surface area contributed by atoms with Crippen molar-refractivity contribution in [2.24, 2.45) is 0 Å². The highest BCUT2D eigenvalue weighted by atomic mass is 16.2. The third-order valence-electron chi connectivity index (χ3n) is 3.57. The number of carbonyl (C=O) groups excluding carboxylic acids is 1. The van der Waals surface area contributed by atoms with E-state index in [0.717, 1.165) is 25.1 Å². The lowest BCUT2D eigenvalue weighted by Crippen LogP contribution is -2.25. The summed E-state index contributed by atoms with van der Waals surface area (Å²) in [4.78, 5) is 13.4. The van der Waals surface area contributed by atoms with Gasteiger partial charge in [0.25, 0.3) is 0 Å². The molecule has 1 aromatic rings. The summed E-state index contributed by atoms with van der Waals surface area (Å²) in [6.45, 7) is 6.91. The molecule has 16 heavy (non-hydrogen) atoms. The van der Waals surface area contributed by atoms with Crippen LogP contribution in [0.15, 0.2) is 18.2 Å². The maximum atomic E-state index is 11.5. The minimum atomic E-state index is 0.153. The van der Waals surface area contributed by atoms with Crippen molar-refractivity contribution in [1.29, 1.82) is 0 Å². The molecule has 0 N–H and O–H groups in total. The molecule has 1 unspecified atom stereocenters. The second-order valence-corrected chi connectivity index (χ2v) is 4.62. The standard InChI is InChI=1S/C14H19NO/c1-4-10(2)13-6-5-12-7-8-15(11(3)16)14(12)9-13/h5-6,9-10H,4,7-8H2,1-3H3. The van der Waals surface area contributed by atoms with Gasteiger partial charge in [0, 0.05) is 19.2 Å². The van der Waals surface area contributed by atoms with E-state index in [9.17, 15) is 4.79 Å². The van der Waals surface area contributed by atoms with E-state index >= 15 is 0 Å². The number of benzene rings is 1. The summed E-state index contributed by atoms with van der Waals surface area (Å²) in [5.74, 6) is 0.722. The van der Waals surface area contributed by atoms with Crippen LogP contribution in [-0.4, -0.2) is 12.5 Å². The largest absolute Gasteiger partial charge is 0.312 e. The van der Waals surface area contributed by atoms with Crippen molar-refractivity contribution in [1.82, 2.24) is 0 Å². The van der Waals surface area contributed by atoms with Crippen LogP contribution in [0.25, 0.3) is 0 Å². The van der Waals surface area contributed by atoms with Crippen molar-refractivity contribution >= 4 is 11.6 Å². The van der Waals surface area contributed by atoms with E-state index in [1.54, 1.807) is 6.92 Å². The Bertz CT molecular complexity index is 411. The van der Waals surface area contributed by atoms with Crippen molar-refractivity contribution in [3.8, 4) is 0 Å². The molecule has 2 heteroatoms. The Kier molecular flexibility index (Phi) is 2.99. The number of amides is 1. The third-order valence-corrected chi connectivity index (χ3v) is 3.57. The number of fused-ring (bicyclic) bond motifs is 1. The Morgan fingerprint density at radius 3 is 2.88 bits per heavy atom. The quantitative estimate of drug-likeness (QED) is 0.745. The molecule has 0 saturated heterocycles. The Hall–Kier alpha value is -1.31. The third kappa shape index (κ3) is 1.84. The van der Waals surface area contributed by atoms with Crippen molar-refractivity contribution in [3.05, 3.63) is 29.3 Å². The highest BCUT2D eigenvalue weighted by Crippen LogP contribution is 2.32. The van der Waals surface area contributed by atoms with E-state index in [-0.39, 0.29) is 5.91 Å². The second-order valence-electron chi connectivity index (χ2n) is 4.62. The van der Waals surface area contributed by atoms with Gasteiger partial charge in [-0.25, -0.2) is 0 Å². The van der Waals surface area contributed by atoms with E-state index in [1.165, 1.54) is 11.1 Å². The number of hydrogen-bond acceptors (Lipinski definition) is 1. The molecule has 1 amide bonds. The van der Waals surface area contributed by atoms with Gasteiger partial charge in [-0.3, -0.25) is 4.79 Å². The topological polar surface area (TPSA) is 20.3 Å². The number of nitrogens with zero attached hydrogens (tertiary/aromatic N) is 1. The van der Waals surface area contributed by atoms with Gasteiger partial charge >= 0.3 is 0 Å². The molecule has 1 aliphatic heterocycles. The molecule has 0 radical (unpaired) electrons. The average molecular weight is 217 g/mol. The first-order valence-corrected chi connectivity index (χ1v) is 6.04. The number of hydrogen-bond donors (Lipinski definition) is 0. The molecule has 0 fully saturated rings. The monoisotopic (exact) mass is 217 g/mol. The molecule has 1 atom stereocenters. The first-order valence-electron chi connectivity index (χ1n) is 6.04. The summed E-state index contributed by atoms with van der Waals surface area (Å²) in [7, 11) is 0. The van der Waals surface area contributed by atoms with E-state index in [1.807, 2.05) is 4.90 Å². The van der Waals surface area contributed by atoms with Gasteiger partial charge in [0.2, 0.25) is 5.91 Å². The lowest BCUT2D eigenvalue weighted by molar-refractivity contribution is -0.116. The van der Waals surface area contributed by atoms with Crippen molar-refractivity contribution in [3.63, 3.8) is 0 Å². The average Bonchev–Trinajstić information content (AvgIpc) is 2.70. The van der Waals surface area contributed by atoms with Gasteiger partial charge in [0.15, 0.2) is 0 Å². The van der Waals surface area contributed by atoms with Crippen LogP contribution in [0, 0.1) is 0 Å². The summed E-state index contributed by atoms with van der Waals surface area (Å²) in [6.07, 6.45) is 2.13. The zero-order valence-electron chi connectivity index (χ0n) is 10.3. The van der Waals surface area contributed by atoms with E-state index < -0.39 is 0 Å². The maximum absolute atomic E-state index is 11.5. The Morgan fingerprint density at radius 1 is 1.50 bits per heavy atom. The number of carbonyl (C=O) groups is 1. The van der Waals surface area contributed by atoms with Crippen LogP contribution in [0.4, 0.5) is 5.69 Å². The fourth-order valence-electron chi connectivity index (χ4n) is 2.27. The van der Waals surface area contributed by atoms with E-state index in [2.05, 4.69) is 32.0 Å². The molecule has 1 heterocycles. The Morgan fingerprint density at radius 2 is 2.25 bits per heavy atom. The minimum Gasteiger partial charge on any atom is -0.312 e. The molecular formula is C14H19NO. The number of rotatable bonds is 2. The minimum absolute atomic E-state index is 0.153. The molecule has 0 aliphatic carbocycles. The van der Waals surface area contributed by atoms with Gasteiger partial charge in [-0.1, -0.05) is 26.0 Å². The van der Waals surface area contributed by atoms with Crippen LogP contribution in [0.3, 0.4) is 0 Å². The summed E-state index contributed by atoms with van der Waals surface area (Å²) < 4.78 is 0. The van der Waals surface area contributed by atoms with Crippen LogP contribution in [-0.2, 0) is 11.2 Å². The molecule has 2 nitrogen and oxygen atoms in total. The highest BCUT2D eigenvalue weighted by molar-refractivity contribution is 5.93.